The minimum absolute atomic E-state index is 0.0822. The van der Waals surface area contributed by atoms with E-state index in [1.807, 2.05) is 17.3 Å². The summed E-state index contributed by atoms with van der Waals surface area (Å²) in [6, 6.07) is 9.44. The van der Waals surface area contributed by atoms with Crippen LogP contribution in [-0.4, -0.2) is 29.1 Å². The molecule has 0 spiro atoms. The lowest BCUT2D eigenvalue weighted by molar-refractivity contribution is -0.384. The summed E-state index contributed by atoms with van der Waals surface area (Å²) in [5.41, 5.74) is 4.52. The summed E-state index contributed by atoms with van der Waals surface area (Å²) in [5, 5.41) is 10.6. The summed E-state index contributed by atoms with van der Waals surface area (Å²) >= 11 is 0. The molecule has 1 heterocycles. The molecule has 0 N–H and O–H groups in total. The molecule has 2 aromatic rings. The van der Waals surface area contributed by atoms with E-state index in [0.29, 0.717) is 6.54 Å². The van der Waals surface area contributed by atoms with E-state index in [9.17, 15) is 14.9 Å². The van der Waals surface area contributed by atoms with Gasteiger partial charge in [0, 0.05) is 30.2 Å². The van der Waals surface area contributed by atoms with Gasteiger partial charge in [0.15, 0.2) is 0 Å². The lowest BCUT2D eigenvalue weighted by Gasteiger charge is -2.22. The van der Waals surface area contributed by atoms with Crippen molar-refractivity contribution in [3.63, 3.8) is 0 Å². The van der Waals surface area contributed by atoms with Gasteiger partial charge < -0.3 is 19.3 Å². The summed E-state index contributed by atoms with van der Waals surface area (Å²) in [6.45, 7) is 9.90. The largest absolute Gasteiger partial charge is 0.513 e. The summed E-state index contributed by atoms with van der Waals surface area (Å²) in [4.78, 5) is 25.6. The lowest BCUT2D eigenvalue weighted by Crippen LogP contribution is -2.25. The highest BCUT2D eigenvalue weighted by molar-refractivity contribution is 5.64. The summed E-state index contributed by atoms with van der Waals surface area (Å²) in [7, 11) is 0. The molecule has 8 heteroatoms. The monoisotopic (exact) mass is 395 g/mol. The fourth-order valence-electron chi connectivity index (χ4n) is 3.14. The van der Waals surface area contributed by atoms with Crippen molar-refractivity contribution in [2.75, 3.05) is 18.1 Å². The van der Waals surface area contributed by atoms with Gasteiger partial charge in [-0.05, 0) is 44.0 Å². The maximum absolute atomic E-state index is 11.8. The molecule has 0 aliphatic carbocycles. The van der Waals surface area contributed by atoms with E-state index >= 15 is 0 Å². The number of benzene rings is 2. The fourth-order valence-corrected chi connectivity index (χ4v) is 3.14. The van der Waals surface area contributed by atoms with E-state index in [1.54, 1.807) is 4.90 Å². The van der Waals surface area contributed by atoms with Gasteiger partial charge in [-0.2, -0.15) is 0 Å². The Balaban J connectivity index is 1.45. The van der Waals surface area contributed by atoms with E-state index in [-0.39, 0.29) is 18.0 Å². The number of non-ortho nitro benzene ring substituents is 1. The van der Waals surface area contributed by atoms with Gasteiger partial charge in [-0.3, -0.25) is 10.1 Å². The third-order valence-electron chi connectivity index (χ3n) is 4.31. The van der Waals surface area contributed by atoms with Gasteiger partial charge in [0.05, 0.1) is 11.5 Å². The van der Waals surface area contributed by atoms with Crippen LogP contribution in [0.4, 0.5) is 16.2 Å². The second-order valence-electron chi connectivity index (χ2n) is 6.66. The second kappa shape index (κ2) is 8.64. The minimum Gasteiger partial charge on any atom is -0.432 e. The van der Waals surface area contributed by atoms with Crippen molar-refractivity contribution in [3.8, 4) is 5.75 Å². The van der Waals surface area contributed by atoms with E-state index in [1.165, 1.54) is 29.8 Å². The van der Waals surface area contributed by atoms with Crippen LogP contribution in [0, 0.1) is 37.6 Å². The van der Waals surface area contributed by atoms with Crippen LogP contribution < -0.4 is 9.64 Å². The van der Waals surface area contributed by atoms with Crippen molar-refractivity contribution in [2.45, 2.75) is 20.8 Å². The van der Waals surface area contributed by atoms with Gasteiger partial charge in [-0.1, -0.05) is 17.7 Å². The zero-order valence-corrected chi connectivity index (χ0v) is 16.4. The molecule has 29 heavy (non-hydrogen) atoms. The maximum atomic E-state index is 11.8. The summed E-state index contributed by atoms with van der Waals surface area (Å²) in [5.74, 6) is 0.177. The van der Waals surface area contributed by atoms with E-state index in [4.69, 9.17) is 9.47 Å². The second-order valence-corrected chi connectivity index (χ2v) is 6.66. The molecule has 0 bridgehead atoms. The Bertz CT molecular complexity index is 917. The molecule has 150 valence electrons. The molecule has 3 rings (SSSR count). The van der Waals surface area contributed by atoms with Gasteiger partial charge in [-0.15, -0.1) is 0 Å². The molecule has 2 radical (unpaired) electrons. The van der Waals surface area contributed by atoms with Crippen molar-refractivity contribution in [1.29, 1.82) is 0 Å². The molecule has 2 aromatic carbocycles. The first kappa shape index (κ1) is 20.2. The first-order chi connectivity index (χ1) is 13.8. The van der Waals surface area contributed by atoms with Crippen LogP contribution in [0.1, 0.15) is 16.7 Å². The number of hydrogen-bond acceptors (Lipinski definition) is 7. The van der Waals surface area contributed by atoms with Crippen LogP contribution >= 0.6 is 0 Å². The molecule has 1 aliphatic heterocycles. The topological polar surface area (TPSA) is 85.2 Å². The van der Waals surface area contributed by atoms with Gasteiger partial charge >= 0.3 is 6.16 Å². The van der Waals surface area contributed by atoms with Gasteiger partial charge in [-0.25, -0.2) is 4.79 Å². The van der Waals surface area contributed by atoms with Crippen molar-refractivity contribution in [3.05, 3.63) is 82.3 Å². The number of hydrogen-bond donors (Lipinski definition) is 0. The zero-order valence-electron chi connectivity index (χ0n) is 16.4. The van der Waals surface area contributed by atoms with Gasteiger partial charge in [0.1, 0.15) is 12.4 Å². The third kappa shape index (κ3) is 5.04. The van der Waals surface area contributed by atoms with Gasteiger partial charge in [0.25, 0.3) is 5.69 Å². The van der Waals surface area contributed by atoms with Crippen LogP contribution in [0.25, 0.3) is 0 Å². The highest BCUT2D eigenvalue weighted by Crippen LogP contribution is 2.30. The summed E-state index contributed by atoms with van der Waals surface area (Å²) in [6.07, 6.45) is 2.88. The Labute approximate surface area is 169 Å². The number of nitro groups is 1. The predicted octanol–water partition coefficient (Wildman–Crippen LogP) is 4.33. The average molecular weight is 395 g/mol. The highest BCUT2D eigenvalue weighted by atomic mass is 16.7. The normalized spacial score (nSPS) is 12.9. The van der Waals surface area contributed by atoms with Crippen molar-refractivity contribution < 1.29 is 19.2 Å². The lowest BCUT2D eigenvalue weighted by atomic mass is 10.0. The number of anilines is 1. The predicted molar refractivity (Wildman–Crippen MR) is 107 cm³/mol. The van der Waals surface area contributed by atoms with Crippen molar-refractivity contribution >= 4 is 17.5 Å². The molecule has 0 saturated carbocycles. The van der Waals surface area contributed by atoms with Gasteiger partial charge in [0.2, 0.25) is 6.67 Å². The fraction of sp³-hybridized carbons (Fsp3) is 0.238. The molecule has 1 aliphatic rings. The SMILES string of the molecule is Cc1cc(C)c(N2[C]N(CCOC(=O)Oc3ccc([N+](=O)[O-])cc3)C=C2)c(C)c1. The Kier molecular flexibility index (Phi) is 6.01. The molecular formula is C21H21N3O5. The molecule has 0 unspecified atom stereocenters. The van der Waals surface area contributed by atoms with E-state index < -0.39 is 11.1 Å². The summed E-state index contributed by atoms with van der Waals surface area (Å²) < 4.78 is 10.1. The van der Waals surface area contributed by atoms with E-state index in [2.05, 4.69) is 39.6 Å². The van der Waals surface area contributed by atoms with Crippen LogP contribution in [-0.2, 0) is 4.74 Å². The Morgan fingerprint density at radius 3 is 2.38 bits per heavy atom. The van der Waals surface area contributed by atoms with Crippen LogP contribution in [0.5, 0.6) is 5.75 Å². The molecular weight excluding hydrogens is 374 g/mol. The first-order valence-corrected chi connectivity index (χ1v) is 9.01. The van der Waals surface area contributed by atoms with Crippen molar-refractivity contribution in [1.82, 2.24) is 4.90 Å². The molecule has 0 amide bonds. The Hall–Kier alpha value is -3.55. The Morgan fingerprint density at radius 2 is 1.76 bits per heavy atom. The molecule has 0 fully saturated rings. The molecule has 8 nitrogen and oxygen atoms in total. The molecule has 0 atom stereocenters. The van der Waals surface area contributed by atoms with Crippen LogP contribution in [0.15, 0.2) is 48.8 Å². The molecule has 0 aromatic heterocycles. The van der Waals surface area contributed by atoms with Crippen LogP contribution in [0.2, 0.25) is 0 Å². The number of carbonyl (C=O) groups is 1. The zero-order chi connectivity index (χ0) is 21.0. The number of carbonyl (C=O) groups excluding carboxylic acids is 1. The smallest absolute Gasteiger partial charge is 0.432 e. The first-order valence-electron chi connectivity index (χ1n) is 9.01. The number of aryl methyl sites for hydroxylation is 3. The number of nitro benzene ring substituents is 1. The Morgan fingerprint density at radius 1 is 1.10 bits per heavy atom. The number of ether oxygens (including phenoxy) is 2. The van der Waals surface area contributed by atoms with Crippen LogP contribution in [0.3, 0.4) is 0 Å². The standard InChI is InChI=1S/C21H21N3O5/c1-15-12-16(2)20(17(3)13-15)23-9-8-22(14-23)10-11-28-21(25)29-19-6-4-18(5-7-19)24(26)27/h4-9,12-13H,10-11H2,1-3H3. The minimum atomic E-state index is -0.871. The number of rotatable bonds is 6. The average Bonchev–Trinajstić information content (AvgIpc) is 3.09. The van der Waals surface area contributed by atoms with Crippen molar-refractivity contribution in [2.24, 2.45) is 0 Å². The van der Waals surface area contributed by atoms with E-state index in [0.717, 1.165) is 16.8 Å². The molecule has 0 saturated heterocycles. The highest BCUT2D eigenvalue weighted by Gasteiger charge is 2.20. The quantitative estimate of drug-likeness (QED) is 0.311. The number of nitrogens with zero attached hydrogens (tertiary/aromatic N) is 3. The maximum Gasteiger partial charge on any atom is 0.513 e. The third-order valence-corrected chi connectivity index (χ3v) is 4.31.